The lowest BCUT2D eigenvalue weighted by atomic mass is 9.93. The van der Waals surface area contributed by atoms with E-state index in [1.165, 1.54) is 12.4 Å². The molecule has 1 aromatic rings. The summed E-state index contributed by atoms with van der Waals surface area (Å²) in [6.45, 7) is 13.6. The molecule has 28 heavy (non-hydrogen) atoms. The number of rotatable bonds is 9. The minimum Gasteiger partial charge on any atom is -0.352 e. The molecule has 0 atom stereocenters. The van der Waals surface area contributed by atoms with Gasteiger partial charge in [-0.1, -0.05) is 27.7 Å². The zero-order chi connectivity index (χ0) is 21.6. The number of nitrogens with zero attached hydrogens (tertiary/aromatic N) is 2. The summed E-state index contributed by atoms with van der Waals surface area (Å²) in [4.78, 5) is 40.1. The topological polar surface area (TPSA) is 83.4 Å². The van der Waals surface area contributed by atoms with E-state index in [0.717, 1.165) is 6.54 Å². The zero-order valence-electron chi connectivity index (χ0n) is 18.5. The molecule has 0 aliphatic rings. The Hall–Kier alpha value is -2.15. The highest BCUT2D eigenvalue weighted by molar-refractivity contribution is 5.99. The Morgan fingerprint density at radius 3 is 1.96 bits per heavy atom. The van der Waals surface area contributed by atoms with Crippen LogP contribution in [0.3, 0.4) is 0 Å². The standard InChI is InChI=1S/C21H36N4O3/c1-14(2)9-22-19(27)16-10-25(15(3)4)11-17(18(16)26)20(28)23-12-21(5,6)13-24(7)8/h10-11,14-15H,9,12-13H2,1-8H3,(H,22,27)(H,23,28). The first kappa shape index (κ1) is 23.9. The predicted molar refractivity (Wildman–Crippen MR) is 113 cm³/mol. The molecular formula is C21H36N4O3. The first-order valence-corrected chi connectivity index (χ1v) is 9.81. The Morgan fingerprint density at radius 1 is 1.04 bits per heavy atom. The van der Waals surface area contributed by atoms with Crippen LogP contribution in [0.15, 0.2) is 17.2 Å². The van der Waals surface area contributed by atoms with Crippen LogP contribution in [0.4, 0.5) is 0 Å². The Morgan fingerprint density at radius 2 is 1.54 bits per heavy atom. The number of hydrogen-bond acceptors (Lipinski definition) is 4. The van der Waals surface area contributed by atoms with Crippen molar-refractivity contribution in [3.63, 3.8) is 0 Å². The number of amides is 2. The van der Waals surface area contributed by atoms with E-state index in [-0.39, 0.29) is 28.5 Å². The molecule has 1 rings (SSSR count). The number of aromatic nitrogens is 1. The molecule has 1 aromatic heterocycles. The van der Waals surface area contributed by atoms with Crippen molar-refractivity contribution in [1.82, 2.24) is 20.1 Å². The fourth-order valence-electron chi connectivity index (χ4n) is 2.94. The molecule has 0 unspecified atom stereocenters. The average molecular weight is 393 g/mol. The lowest BCUT2D eigenvalue weighted by Crippen LogP contribution is -2.42. The normalized spacial score (nSPS) is 12.0. The molecule has 2 amide bonds. The average Bonchev–Trinajstić information content (AvgIpc) is 2.56. The predicted octanol–water partition coefficient (Wildman–Crippen LogP) is 2.13. The van der Waals surface area contributed by atoms with Crippen LogP contribution in [0.1, 0.15) is 68.3 Å². The smallest absolute Gasteiger partial charge is 0.256 e. The van der Waals surface area contributed by atoms with Gasteiger partial charge in [0.2, 0.25) is 5.43 Å². The van der Waals surface area contributed by atoms with Crippen molar-refractivity contribution in [3.05, 3.63) is 33.7 Å². The third-order valence-electron chi connectivity index (χ3n) is 4.27. The Bertz CT molecular complexity index is 749. The fourth-order valence-corrected chi connectivity index (χ4v) is 2.94. The van der Waals surface area contributed by atoms with Crippen LogP contribution in [0, 0.1) is 11.3 Å². The Balaban J connectivity index is 3.15. The van der Waals surface area contributed by atoms with Crippen LogP contribution < -0.4 is 16.1 Å². The maximum absolute atomic E-state index is 12.8. The molecule has 0 fully saturated rings. The lowest BCUT2D eigenvalue weighted by Gasteiger charge is -2.28. The first-order chi connectivity index (χ1) is 12.8. The highest BCUT2D eigenvalue weighted by Crippen LogP contribution is 2.14. The van der Waals surface area contributed by atoms with Gasteiger partial charge in [0.1, 0.15) is 11.1 Å². The summed E-state index contributed by atoms with van der Waals surface area (Å²) in [5.41, 5.74) is -0.704. The summed E-state index contributed by atoms with van der Waals surface area (Å²) in [5, 5.41) is 5.62. The molecule has 0 aliphatic carbocycles. The second-order valence-electron chi connectivity index (χ2n) is 9.14. The van der Waals surface area contributed by atoms with E-state index in [1.807, 2.05) is 41.8 Å². The molecule has 0 aliphatic heterocycles. The van der Waals surface area contributed by atoms with Crippen LogP contribution in [0.5, 0.6) is 0 Å². The van der Waals surface area contributed by atoms with Crippen LogP contribution in [-0.2, 0) is 0 Å². The van der Waals surface area contributed by atoms with Crippen LogP contribution >= 0.6 is 0 Å². The van der Waals surface area contributed by atoms with Crippen molar-refractivity contribution in [2.24, 2.45) is 11.3 Å². The van der Waals surface area contributed by atoms with Crippen molar-refractivity contribution in [1.29, 1.82) is 0 Å². The molecule has 158 valence electrons. The summed E-state index contributed by atoms with van der Waals surface area (Å²) in [6, 6.07) is 0.00832. The number of carbonyl (C=O) groups is 2. The van der Waals surface area contributed by atoms with E-state index in [4.69, 9.17) is 0 Å². The van der Waals surface area contributed by atoms with Gasteiger partial charge in [0, 0.05) is 38.1 Å². The van der Waals surface area contributed by atoms with Gasteiger partial charge in [0.25, 0.3) is 11.8 Å². The van der Waals surface area contributed by atoms with Crippen molar-refractivity contribution in [2.75, 3.05) is 33.7 Å². The molecule has 0 saturated heterocycles. The minimum atomic E-state index is -0.541. The van der Waals surface area contributed by atoms with Gasteiger partial charge >= 0.3 is 0 Å². The molecule has 0 saturated carbocycles. The summed E-state index contributed by atoms with van der Waals surface area (Å²) >= 11 is 0. The third kappa shape index (κ3) is 7.11. The summed E-state index contributed by atoms with van der Waals surface area (Å²) < 4.78 is 1.73. The van der Waals surface area contributed by atoms with Gasteiger partial charge in [0.05, 0.1) is 0 Å². The maximum Gasteiger partial charge on any atom is 0.256 e. The summed E-state index contributed by atoms with van der Waals surface area (Å²) in [7, 11) is 3.95. The molecule has 2 N–H and O–H groups in total. The van der Waals surface area contributed by atoms with Gasteiger partial charge in [-0.2, -0.15) is 0 Å². The molecule has 0 spiro atoms. The molecule has 1 heterocycles. The van der Waals surface area contributed by atoms with Crippen LogP contribution in [0.2, 0.25) is 0 Å². The SMILES string of the molecule is CC(C)CNC(=O)c1cn(C(C)C)cc(C(=O)NCC(C)(C)CN(C)C)c1=O. The van der Waals surface area contributed by atoms with E-state index in [1.54, 1.807) is 4.57 Å². The number of pyridine rings is 1. The van der Waals surface area contributed by atoms with Crippen molar-refractivity contribution in [2.45, 2.75) is 47.6 Å². The van der Waals surface area contributed by atoms with Crippen molar-refractivity contribution in [3.8, 4) is 0 Å². The van der Waals surface area contributed by atoms with Crippen molar-refractivity contribution < 1.29 is 9.59 Å². The molecule has 7 heteroatoms. The van der Waals surface area contributed by atoms with Crippen molar-refractivity contribution >= 4 is 11.8 Å². The molecular weight excluding hydrogens is 356 g/mol. The maximum atomic E-state index is 12.8. The molecule has 0 bridgehead atoms. The highest BCUT2D eigenvalue weighted by Gasteiger charge is 2.23. The Kier molecular flexibility index (Phi) is 8.42. The van der Waals surface area contributed by atoms with Gasteiger partial charge in [-0.05, 0) is 39.3 Å². The number of hydrogen-bond donors (Lipinski definition) is 2. The largest absolute Gasteiger partial charge is 0.352 e. The fraction of sp³-hybridized carbons (Fsp3) is 0.667. The summed E-state index contributed by atoms with van der Waals surface area (Å²) in [6.07, 6.45) is 3.05. The number of nitrogens with one attached hydrogen (secondary N) is 2. The van der Waals surface area contributed by atoms with Crippen LogP contribution in [-0.4, -0.2) is 55.0 Å². The van der Waals surface area contributed by atoms with Gasteiger partial charge in [0.15, 0.2) is 0 Å². The highest BCUT2D eigenvalue weighted by atomic mass is 16.2. The minimum absolute atomic E-state index is 0.00504. The van der Waals surface area contributed by atoms with Crippen LogP contribution in [0.25, 0.3) is 0 Å². The van der Waals surface area contributed by atoms with E-state index in [9.17, 15) is 14.4 Å². The van der Waals surface area contributed by atoms with Gasteiger partial charge in [-0.3, -0.25) is 14.4 Å². The monoisotopic (exact) mass is 392 g/mol. The first-order valence-electron chi connectivity index (χ1n) is 9.81. The third-order valence-corrected chi connectivity index (χ3v) is 4.27. The molecule has 0 aromatic carbocycles. The zero-order valence-corrected chi connectivity index (χ0v) is 18.5. The Labute approximate surface area is 168 Å². The van der Waals surface area contributed by atoms with E-state index in [0.29, 0.717) is 13.1 Å². The molecule has 7 nitrogen and oxygen atoms in total. The van der Waals surface area contributed by atoms with Gasteiger partial charge < -0.3 is 20.1 Å². The van der Waals surface area contributed by atoms with E-state index in [2.05, 4.69) is 29.4 Å². The van der Waals surface area contributed by atoms with Gasteiger partial charge in [-0.15, -0.1) is 0 Å². The van der Waals surface area contributed by atoms with Gasteiger partial charge in [-0.25, -0.2) is 0 Å². The quantitative estimate of drug-likeness (QED) is 0.674. The summed E-state index contributed by atoms with van der Waals surface area (Å²) in [5.74, 6) is -0.637. The lowest BCUT2D eigenvalue weighted by molar-refractivity contribution is 0.0927. The van der Waals surface area contributed by atoms with E-state index >= 15 is 0 Å². The number of carbonyl (C=O) groups excluding carboxylic acids is 2. The molecule has 0 radical (unpaired) electrons. The second-order valence-corrected chi connectivity index (χ2v) is 9.14. The second kappa shape index (κ2) is 9.87. The van der Waals surface area contributed by atoms with E-state index < -0.39 is 17.2 Å².